The lowest BCUT2D eigenvalue weighted by atomic mass is 9.91. The third-order valence-electron chi connectivity index (χ3n) is 8.19. The molecule has 1 heterocycles. The van der Waals surface area contributed by atoms with E-state index in [0.717, 1.165) is 49.8 Å². The maximum Gasteiger partial charge on any atom is 0.262 e. The number of sulfonamides is 1. The first-order valence-electron chi connectivity index (χ1n) is 15.7. The predicted molar refractivity (Wildman–Crippen MR) is 188 cm³/mol. The van der Waals surface area contributed by atoms with Gasteiger partial charge < -0.3 is 20.3 Å². The Bertz CT molecular complexity index is 1670. The molecule has 46 heavy (non-hydrogen) atoms. The molecule has 1 aliphatic rings. The molecule has 1 fully saturated rings. The van der Waals surface area contributed by atoms with Crippen LogP contribution in [0.15, 0.2) is 102 Å². The number of nitrogens with one attached hydrogen (secondary N) is 3. The summed E-state index contributed by atoms with van der Waals surface area (Å²) in [5.74, 6) is 1.45. The molecule has 0 aromatic heterocycles. The molecule has 10 heteroatoms. The van der Waals surface area contributed by atoms with Gasteiger partial charge in [0.25, 0.3) is 15.9 Å². The molecule has 0 aliphatic carbocycles. The minimum absolute atomic E-state index is 0. The third kappa shape index (κ3) is 9.25. The van der Waals surface area contributed by atoms with Crippen molar-refractivity contribution in [1.82, 2.24) is 10.6 Å². The average Bonchev–Trinajstić information content (AvgIpc) is 3.06. The summed E-state index contributed by atoms with van der Waals surface area (Å²) in [6, 6.07) is 28.9. The van der Waals surface area contributed by atoms with Crippen molar-refractivity contribution < 1.29 is 17.9 Å². The first kappa shape index (κ1) is 34.8. The van der Waals surface area contributed by atoms with Crippen molar-refractivity contribution in [1.29, 1.82) is 0 Å². The molecule has 4 aromatic carbocycles. The fraction of sp³-hybridized carbons (Fsp3) is 0.306. The van der Waals surface area contributed by atoms with Gasteiger partial charge in [-0.15, -0.1) is 12.4 Å². The van der Waals surface area contributed by atoms with Crippen LogP contribution in [0.4, 0.5) is 11.4 Å². The molecule has 8 nitrogen and oxygen atoms in total. The Morgan fingerprint density at radius 1 is 0.870 bits per heavy atom. The summed E-state index contributed by atoms with van der Waals surface area (Å²) in [6.07, 6.45) is 3.51. The molecule has 4 aromatic rings. The molecule has 1 amide bonds. The minimum atomic E-state index is -3.94. The number of anilines is 2. The molecule has 0 spiro atoms. The van der Waals surface area contributed by atoms with E-state index in [1.54, 1.807) is 24.3 Å². The zero-order chi connectivity index (χ0) is 31.6. The smallest absolute Gasteiger partial charge is 0.262 e. The Balaban J connectivity index is 0.00000480. The first-order chi connectivity index (χ1) is 21.8. The number of para-hydroxylation sites is 2. The molecule has 1 aliphatic heterocycles. The summed E-state index contributed by atoms with van der Waals surface area (Å²) in [5, 5.41) is 6.34. The van der Waals surface area contributed by atoms with Gasteiger partial charge in [0.1, 0.15) is 5.75 Å². The maximum absolute atomic E-state index is 13.3. The van der Waals surface area contributed by atoms with Gasteiger partial charge in [-0.1, -0.05) is 42.5 Å². The van der Waals surface area contributed by atoms with E-state index < -0.39 is 10.0 Å². The summed E-state index contributed by atoms with van der Waals surface area (Å²) in [6.45, 7) is 8.49. The second-order valence-corrected chi connectivity index (χ2v) is 13.0. The second kappa shape index (κ2) is 16.5. The van der Waals surface area contributed by atoms with E-state index in [1.807, 2.05) is 24.3 Å². The van der Waals surface area contributed by atoms with Crippen molar-refractivity contribution in [2.75, 3.05) is 35.8 Å². The molecule has 0 radical (unpaired) electrons. The highest BCUT2D eigenvalue weighted by Crippen LogP contribution is 2.32. The zero-order valence-corrected chi connectivity index (χ0v) is 28.0. The number of benzene rings is 4. The van der Waals surface area contributed by atoms with Crippen molar-refractivity contribution in [3.63, 3.8) is 0 Å². The Morgan fingerprint density at radius 3 is 2.24 bits per heavy atom. The average molecular weight is 663 g/mol. The van der Waals surface area contributed by atoms with Crippen molar-refractivity contribution in [3.8, 4) is 11.5 Å². The largest absolute Gasteiger partial charge is 0.455 e. The number of hydrogen-bond acceptors (Lipinski definition) is 6. The van der Waals surface area contributed by atoms with E-state index in [2.05, 4.69) is 58.4 Å². The summed E-state index contributed by atoms with van der Waals surface area (Å²) >= 11 is 0. The van der Waals surface area contributed by atoms with Gasteiger partial charge in [0.2, 0.25) is 0 Å². The number of piperidine rings is 1. The van der Waals surface area contributed by atoms with Crippen LogP contribution in [0.2, 0.25) is 0 Å². The molecule has 0 unspecified atom stereocenters. The molecule has 1 saturated heterocycles. The van der Waals surface area contributed by atoms with Crippen LogP contribution in [0.5, 0.6) is 11.5 Å². The normalized spacial score (nSPS) is 13.3. The Kier molecular flexibility index (Phi) is 12.5. The lowest BCUT2D eigenvalue weighted by molar-refractivity contribution is 0.0951. The summed E-state index contributed by atoms with van der Waals surface area (Å²) in [4.78, 5) is 15.1. The van der Waals surface area contributed by atoms with Crippen LogP contribution in [-0.4, -0.2) is 40.5 Å². The lowest BCUT2D eigenvalue weighted by Crippen LogP contribution is -2.28. The Hall–Kier alpha value is -4.05. The number of carbonyl (C=O) groups excluding carboxylic acids is 1. The number of amides is 1. The topological polar surface area (TPSA) is 99.8 Å². The van der Waals surface area contributed by atoms with Gasteiger partial charge in [-0.25, -0.2) is 8.42 Å². The van der Waals surface area contributed by atoms with Crippen molar-refractivity contribution >= 4 is 39.7 Å². The fourth-order valence-corrected chi connectivity index (χ4v) is 6.66. The van der Waals surface area contributed by atoms with Gasteiger partial charge in [-0.05, 0) is 112 Å². The summed E-state index contributed by atoms with van der Waals surface area (Å²) < 4.78 is 35.3. The quantitative estimate of drug-likeness (QED) is 0.142. The number of rotatable bonds is 13. The number of halogens is 1. The SMILES string of the molecule is CCN(CC)c1cccc(Oc2ccccc2NS(=O)(=O)c2ccc(C(=O)NCc3ccc(CC4CCNCC4)cc3)cc2)c1.Cl. The van der Waals surface area contributed by atoms with E-state index in [0.29, 0.717) is 29.3 Å². The maximum atomic E-state index is 13.3. The first-order valence-corrected chi connectivity index (χ1v) is 17.1. The molecule has 5 rings (SSSR count). The van der Waals surface area contributed by atoms with Gasteiger partial charge >= 0.3 is 0 Å². The minimum Gasteiger partial charge on any atom is -0.455 e. The van der Waals surface area contributed by atoms with Crippen LogP contribution >= 0.6 is 12.4 Å². The Morgan fingerprint density at radius 2 is 1.54 bits per heavy atom. The van der Waals surface area contributed by atoms with Gasteiger partial charge in [0, 0.05) is 37.0 Å². The number of hydrogen-bond donors (Lipinski definition) is 3. The standard InChI is InChI=1S/C36H42N4O4S.ClH/c1-3-40(4-2)31-8-7-9-32(25-31)44-35-11-6-5-10-34(35)39-45(42,43)33-18-16-30(17-19-33)36(41)38-26-29-14-12-27(13-15-29)24-28-20-22-37-23-21-28;/h5-19,25,28,37,39H,3-4,20-24,26H2,1-2H3,(H,38,41);1H. The summed E-state index contributed by atoms with van der Waals surface area (Å²) in [5.41, 5.74) is 4.06. The summed E-state index contributed by atoms with van der Waals surface area (Å²) in [7, 11) is -3.94. The fourth-order valence-electron chi connectivity index (χ4n) is 5.59. The molecular weight excluding hydrogens is 620 g/mol. The second-order valence-electron chi connectivity index (χ2n) is 11.3. The predicted octanol–water partition coefficient (Wildman–Crippen LogP) is 7.02. The Labute approximate surface area is 279 Å². The number of carbonyl (C=O) groups is 1. The third-order valence-corrected chi connectivity index (χ3v) is 9.57. The van der Waals surface area contributed by atoms with Crippen molar-refractivity contribution in [3.05, 3.63) is 114 Å². The highest BCUT2D eigenvalue weighted by molar-refractivity contribution is 7.92. The van der Waals surface area contributed by atoms with Crippen LogP contribution in [0.25, 0.3) is 0 Å². The van der Waals surface area contributed by atoms with Crippen molar-refractivity contribution in [2.24, 2.45) is 5.92 Å². The molecule has 3 N–H and O–H groups in total. The van der Waals surface area contributed by atoms with E-state index in [4.69, 9.17) is 4.74 Å². The van der Waals surface area contributed by atoms with E-state index >= 15 is 0 Å². The number of ether oxygens (including phenoxy) is 1. The van der Waals surface area contributed by atoms with Crippen LogP contribution in [-0.2, 0) is 23.0 Å². The van der Waals surface area contributed by atoms with Crippen molar-refractivity contribution in [2.45, 2.75) is 44.6 Å². The zero-order valence-electron chi connectivity index (χ0n) is 26.4. The molecular formula is C36H43ClN4O4S. The lowest BCUT2D eigenvalue weighted by Gasteiger charge is -2.22. The highest BCUT2D eigenvalue weighted by Gasteiger charge is 2.18. The van der Waals surface area contributed by atoms with E-state index in [1.165, 1.54) is 42.7 Å². The van der Waals surface area contributed by atoms with E-state index in [-0.39, 0.29) is 23.2 Å². The van der Waals surface area contributed by atoms with Gasteiger partial charge in [0.05, 0.1) is 10.6 Å². The molecule has 0 bridgehead atoms. The van der Waals surface area contributed by atoms with Gasteiger partial charge in [0.15, 0.2) is 5.75 Å². The van der Waals surface area contributed by atoms with Gasteiger partial charge in [-0.2, -0.15) is 0 Å². The van der Waals surface area contributed by atoms with Gasteiger partial charge in [-0.3, -0.25) is 9.52 Å². The monoisotopic (exact) mass is 662 g/mol. The van der Waals surface area contributed by atoms with Crippen LogP contribution in [0.1, 0.15) is 48.2 Å². The number of nitrogens with zero attached hydrogens (tertiary/aromatic N) is 1. The van der Waals surface area contributed by atoms with Crippen LogP contribution < -0.4 is 25.0 Å². The van der Waals surface area contributed by atoms with Crippen LogP contribution in [0.3, 0.4) is 0 Å². The highest BCUT2D eigenvalue weighted by atomic mass is 35.5. The van der Waals surface area contributed by atoms with E-state index in [9.17, 15) is 13.2 Å². The molecule has 0 saturated carbocycles. The molecule has 0 atom stereocenters. The molecule has 244 valence electrons. The van der Waals surface area contributed by atoms with Crippen LogP contribution in [0, 0.1) is 5.92 Å².